The summed E-state index contributed by atoms with van der Waals surface area (Å²) in [5, 5.41) is 12.1. The Morgan fingerprint density at radius 2 is 2.06 bits per heavy atom. The molecule has 2 aromatic rings. The number of aryl methyl sites for hydroxylation is 1. The second-order valence-electron chi connectivity index (χ2n) is 3.79. The summed E-state index contributed by atoms with van der Waals surface area (Å²) in [6, 6.07) is 7.94. The average molecular weight is 270 g/mol. The van der Waals surface area contributed by atoms with Gasteiger partial charge in [0.05, 0.1) is 0 Å². The first kappa shape index (κ1) is 13.0. The molecule has 0 saturated heterocycles. The highest BCUT2D eigenvalue weighted by atomic mass is 32.1. The van der Waals surface area contributed by atoms with Crippen LogP contribution in [0.5, 0.6) is 5.75 Å². The molecule has 1 aromatic carbocycles. The number of aliphatic hydroxyl groups is 1. The Balaban J connectivity index is 2.25. The van der Waals surface area contributed by atoms with E-state index in [9.17, 15) is 13.9 Å². The zero-order valence-corrected chi connectivity index (χ0v) is 10.5. The van der Waals surface area contributed by atoms with Crippen molar-refractivity contribution in [2.75, 3.05) is 0 Å². The van der Waals surface area contributed by atoms with Crippen LogP contribution in [0.15, 0.2) is 35.7 Å². The molecule has 0 amide bonds. The zero-order chi connectivity index (χ0) is 13.1. The van der Waals surface area contributed by atoms with E-state index in [-0.39, 0.29) is 5.75 Å². The van der Waals surface area contributed by atoms with E-state index in [1.165, 1.54) is 23.5 Å². The minimum absolute atomic E-state index is 0.0504. The highest BCUT2D eigenvalue weighted by Crippen LogP contribution is 2.29. The Labute approximate surface area is 107 Å². The van der Waals surface area contributed by atoms with E-state index in [2.05, 4.69) is 4.74 Å². The molecule has 0 aliphatic carbocycles. The molecule has 18 heavy (non-hydrogen) atoms. The third-order valence-electron chi connectivity index (χ3n) is 2.59. The lowest BCUT2D eigenvalue weighted by atomic mass is 10.0. The van der Waals surface area contributed by atoms with Crippen LogP contribution in [-0.2, 0) is 0 Å². The minimum atomic E-state index is -2.86. The SMILES string of the molecule is Cc1sccc1C(O)c1cccc(OC(F)F)c1. The van der Waals surface area contributed by atoms with Gasteiger partial charge in [-0.25, -0.2) is 0 Å². The van der Waals surface area contributed by atoms with Gasteiger partial charge in [0.25, 0.3) is 0 Å². The van der Waals surface area contributed by atoms with Crippen molar-refractivity contribution in [3.63, 3.8) is 0 Å². The standard InChI is InChI=1S/C13H12F2O2S/c1-8-11(5-6-18-8)12(16)9-3-2-4-10(7-9)17-13(14)15/h2-7,12-13,16H,1H3. The Morgan fingerprint density at radius 1 is 1.28 bits per heavy atom. The van der Waals surface area contributed by atoms with E-state index in [0.717, 1.165) is 10.4 Å². The molecule has 2 rings (SSSR count). The summed E-state index contributed by atoms with van der Waals surface area (Å²) >= 11 is 1.53. The van der Waals surface area contributed by atoms with Crippen LogP contribution in [0.1, 0.15) is 22.1 Å². The summed E-state index contributed by atoms with van der Waals surface area (Å²) in [6.07, 6.45) is -0.822. The van der Waals surface area contributed by atoms with E-state index in [1.54, 1.807) is 12.1 Å². The molecule has 2 nitrogen and oxygen atoms in total. The van der Waals surface area contributed by atoms with Gasteiger partial charge in [-0.05, 0) is 41.6 Å². The average Bonchev–Trinajstić information content (AvgIpc) is 2.74. The molecule has 0 bridgehead atoms. The number of hydrogen-bond donors (Lipinski definition) is 1. The molecule has 5 heteroatoms. The molecule has 0 spiro atoms. The lowest BCUT2D eigenvalue weighted by Gasteiger charge is -2.12. The summed E-state index contributed by atoms with van der Waals surface area (Å²) in [5.74, 6) is 0.0504. The number of aliphatic hydroxyl groups excluding tert-OH is 1. The second kappa shape index (κ2) is 5.46. The number of alkyl halides is 2. The van der Waals surface area contributed by atoms with Crippen LogP contribution in [0.4, 0.5) is 8.78 Å². The first-order valence-electron chi connectivity index (χ1n) is 5.35. The molecule has 0 aliphatic heterocycles. The highest BCUT2D eigenvalue weighted by molar-refractivity contribution is 7.10. The topological polar surface area (TPSA) is 29.5 Å². The Bertz CT molecular complexity index is 525. The van der Waals surface area contributed by atoms with Crippen molar-refractivity contribution in [3.8, 4) is 5.75 Å². The molecule has 1 unspecified atom stereocenters. The number of ether oxygens (including phenoxy) is 1. The number of thiophene rings is 1. The van der Waals surface area contributed by atoms with Crippen LogP contribution in [0, 0.1) is 6.92 Å². The van der Waals surface area contributed by atoms with Gasteiger partial charge >= 0.3 is 6.61 Å². The third kappa shape index (κ3) is 2.86. The number of halogens is 2. The summed E-state index contributed by atoms with van der Waals surface area (Å²) < 4.78 is 28.5. The third-order valence-corrected chi connectivity index (χ3v) is 3.45. The first-order chi connectivity index (χ1) is 8.58. The minimum Gasteiger partial charge on any atom is -0.435 e. The van der Waals surface area contributed by atoms with Gasteiger partial charge in [0, 0.05) is 4.88 Å². The molecule has 0 fully saturated rings. The molecule has 0 radical (unpaired) electrons. The second-order valence-corrected chi connectivity index (χ2v) is 4.91. The van der Waals surface area contributed by atoms with Crippen molar-refractivity contribution in [2.24, 2.45) is 0 Å². The van der Waals surface area contributed by atoms with E-state index >= 15 is 0 Å². The van der Waals surface area contributed by atoms with Gasteiger partial charge in [-0.15, -0.1) is 11.3 Å². The summed E-state index contributed by atoms with van der Waals surface area (Å²) in [7, 11) is 0. The highest BCUT2D eigenvalue weighted by Gasteiger charge is 2.15. The van der Waals surface area contributed by atoms with Crippen molar-refractivity contribution in [2.45, 2.75) is 19.6 Å². The monoisotopic (exact) mass is 270 g/mol. The molecule has 1 atom stereocenters. The maximum atomic E-state index is 12.1. The van der Waals surface area contributed by atoms with E-state index < -0.39 is 12.7 Å². The summed E-state index contributed by atoms with van der Waals surface area (Å²) in [5.41, 5.74) is 1.32. The van der Waals surface area contributed by atoms with Crippen molar-refractivity contribution < 1.29 is 18.6 Å². The predicted octanol–water partition coefficient (Wildman–Crippen LogP) is 3.74. The smallest absolute Gasteiger partial charge is 0.387 e. The van der Waals surface area contributed by atoms with Crippen LogP contribution >= 0.6 is 11.3 Å². The number of rotatable bonds is 4. The normalized spacial score (nSPS) is 12.7. The van der Waals surface area contributed by atoms with Gasteiger partial charge in [0.1, 0.15) is 11.9 Å². The van der Waals surface area contributed by atoms with Crippen LogP contribution in [0.3, 0.4) is 0 Å². The molecule has 0 aliphatic rings. The van der Waals surface area contributed by atoms with Gasteiger partial charge in [-0.2, -0.15) is 8.78 Å². The molecule has 1 N–H and O–H groups in total. The fraction of sp³-hybridized carbons (Fsp3) is 0.231. The number of benzene rings is 1. The quantitative estimate of drug-likeness (QED) is 0.917. The first-order valence-corrected chi connectivity index (χ1v) is 6.22. The van der Waals surface area contributed by atoms with Gasteiger partial charge in [-0.3, -0.25) is 0 Å². The van der Waals surface area contributed by atoms with Crippen molar-refractivity contribution in [1.82, 2.24) is 0 Å². The Morgan fingerprint density at radius 3 is 2.67 bits per heavy atom. The molecule has 96 valence electrons. The van der Waals surface area contributed by atoms with Gasteiger partial charge in [-0.1, -0.05) is 12.1 Å². The van der Waals surface area contributed by atoms with Crippen LogP contribution in [-0.4, -0.2) is 11.7 Å². The van der Waals surface area contributed by atoms with Crippen molar-refractivity contribution in [3.05, 3.63) is 51.7 Å². The Kier molecular flexibility index (Phi) is 3.93. The molecular formula is C13H12F2O2S. The van der Waals surface area contributed by atoms with Gasteiger partial charge < -0.3 is 9.84 Å². The summed E-state index contributed by atoms with van der Waals surface area (Å²) in [6.45, 7) is -0.955. The van der Waals surface area contributed by atoms with Crippen LogP contribution < -0.4 is 4.74 Å². The lowest BCUT2D eigenvalue weighted by molar-refractivity contribution is -0.0499. The largest absolute Gasteiger partial charge is 0.435 e. The maximum absolute atomic E-state index is 12.1. The van der Waals surface area contributed by atoms with Crippen LogP contribution in [0.25, 0.3) is 0 Å². The number of hydrogen-bond acceptors (Lipinski definition) is 3. The van der Waals surface area contributed by atoms with E-state index in [0.29, 0.717) is 5.56 Å². The lowest BCUT2D eigenvalue weighted by Crippen LogP contribution is -2.04. The van der Waals surface area contributed by atoms with Crippen molar-refractivity contribution >= 4 is 11.3 Å². The molecule has 1 aromatic heterocycles. The molecule has 1 heterocycles. The predicted molar refractivity (Wildman–Crippen MR) is 66.2 cm³/mol. The zero-order valence-electron chi connectivity index (χ0n) is 9.64. The fourth-order valence-electron chi connectivity index (χ4n) is 1.72. The van der Waals surface area contributed by atoms with E-state index in [4.69, 9.17) is 0 Å². The van der Waals surface area contributed by atoms with Gasteiger partial charge in [0.2, 0.25) is 0 Å². The fourth-order valence-corrected chi connectivity index (χ4v) is 2.45. The molecular weight excluding hydrogens is 258 g/mol. The molecule has 0 saturated carbocycles. The van der Waals surface area contributed by atoms with E-state index in [1.807, 2.05) is 18.4 Å². The maximum Gasteiger partial charge on any atom is 0.387 e. The van der Waals surface area contributed by atoms with Crippen LogP contribution in [0.2, 0.25) is 0 Å². The van der Waals surface area contributed by atoms with Gasteiger partial charge in [0.15, 0.2) is 0 Å². The Hall–Kier alpha value is -1.46. The van der Waals surface area contributed by atoms with Crippen molar-refractivity contribution in [1.29, 1.82) is 0 Å². The summed E-state index contributed by atoms with van der Waals surface area (Å²) in [4.78, 5) is 1.00.